The van der Waals surface area contributed by atoms with E-state index in [9.17, 15) is 0 Å². The van der Waals surface area contributed by atoms with Crippen molar-refractivity contribution in [3.63, 3.8) is 0 Å². The van der Waals surface area contributed by atoms with Crippen LogP contribution in [0.3, 0.4) is 0 Å². The van der Waals surface area contributed by atoms with Crippen molar-refractivity contribution in [2.45, 2.75) is 52.5 Å². The summed E-state index contributed by atoms with van der Waals surface area (Å²) in [7, 11) is 2.11. The molecule has 1 aromatic rings. The van der Waals surface area contributed by atoms with E-state index in [-0.39, 0.29) is 0 Å². The van der Waals surface area contributed by atoms with E-state index in [1.165, 1.54) is 39.9 Å². The minimum atomic E-state index is 0.451. The van der Waals surface area contributed by atoms with Gasteiger partial charge in [-0.25, -0.2) is 0 Å². The maximum atomic E-state index is 3.62. The summed E-state index contributed by atoms with van der Waals surface area (Å²) in [5.74, 6) is 0.747. The molecule has 102 valence electrons. The van der Waals surface area contributed by atoms with E-state index in [0.29, 0.717) is 11.5 Å². The summed E-state index contributed by atoms with van der Waals surface area (Å²) in [6.45, 7) is 7.13. The molecule has 1 heterocycles. The highest BCUT2D eigenvalue weighted by atomic mass is 79.9. The normalized spacial score (nSPS) is 25.1. The van der Waals surface area contributed by atoms with Crippen molar-refractivity contribution >= 4 is 27.3 Å². The number of rotatable bonds is 3. The first kappa shape index (κ1) is 14.5. The predicted octanol–water partition coefficient (Wildman–Crippen LogP) is 5.30. The van der Waals surface area contributed by atoms with Crippen LogP contribution in [0.15, 0.2) is 9.85 Å². The van der Waals surface area contributed by atoms with Crippen molar-refractivity contribution in [2.75, 3.05) is 7.05 Å². The first-order chi connectivity index (χ1) is 8.45. The zero-order valence-corrected chi connectivity index (χ0v) is 14.2. The molecule has 0 aromatic carbocycles. The molecule has 0 radical (unpaired) electrons. The van der Waals surface area contributed by atoms with Crippen LogP contribution in [0, 0.1) is 18.3 Å². The highest BCUT2D eigenvalue weighted by molar-refractivity contribution is 9.11. The number of thiophene rings is 1. The van der Waals surface area contributed by atoms with Gasteiger partial charge in [0.25, 0.3) is 0 Å². The van der Waals surface area contributed by atoms with Crippen molar-refractivity contribution in [1.29, 1.82) is 0 Å². The fourth-order valence-electron chi connectivity index (χ4n) is 3.48. The Balaban J connectivity index is 2.30. The van der Waals surface area contributed by atoms with Gasteiger partial charge < -0.3 is 5.32 Å². The Morgan fingerprint density at radius 2 is 2.17 bits per heavy atom. The van der Waals surface area contributed by atoms with Crippen molar-refractivity contribution in [3.05, 3.63) is 20.3 Å². The molecular formula is C15H24BrNS. The van der Waals surface area contributed by atoms with E-state index in [1.54, 1.807) is 0 Å². The first-order valence-corrected chi connectivity index (χ1v) is 8.50. The predicted molar refractivity (Wildman–Crippen MR) is 84.3 cm³/mol. The largest absolute Gasteiger partial charge is 0.313 e. The van der Waals surface area contributed by atoms with Gasteiger partial charge in [0, 0.05) is 10.9 Å². The highest BCUT2D eigenvalue weighted by Gasteiger charge is 2.38. The van der Waals surface area contributed by atoms with Crippen LogP contribution in [0.5, 0.6) is 0 Å². The van der Waals surface area contributed by atoms with Crippen molar-refractivity contribution in [3.8, 4) is 0 Å². The fraction of sp³-hybridized carbons (Fsp3) is 0.733. The monoisotopic (exact) mass is 329 g/mol. The molecule has 0 amide bonds. The summed E-state index contributed by atoms with van der Waals surface area (Å²) < 4.78 is 1.25. The lowest BCUT2D eigenvalue weighted by Crippen LogP contribution is -2.37. The van der Waals surface area contributed by atoms with Crippen LogP contribution in [0.1, 0.15) is 56.0 Å². The number of aryl methyl sites for hydroxylation is 1. The molecule has 2 rings (SSSR count). The third-order valence-electron chi connectivity index (χ3n) is 4.56. The second kappa shape index (κ2) is 5.64. The van der Waals surface area contributed by atoms with E-state index < -0.39 is 0 Å². The maximum absolute atomic E-state index is 3.62. The first-order valence-electron chi connectivity index (χ1n) is 6.89. The molecule has 1 aliphatic rings. The topological polar surface area (TPSA) is 12.0 Å². The van der Waals surface area contributed by atoms with E-state index >= 15 is 0 Å². The summed E-state index contributed by atoms with van der Waals surface area (Å²) in [4.78, 5) is 1.45. The van der Waals surface area contributed by atoms with Crippen LogP contribution in [-0.2, 0) is 0 Å². The third-order valence-corrected chi connectivity index (χ3v) is 6.13. The Bertz CT molecular complexity index is 411. The Hall–Kier alpha value is 0.140. The molecule has 0 aliphatic heterocycles. The molecule has 1 N–H and O–H groups in total. The van der Waals surface area contributed by atoms with Gasteiger partial charge in [0.1, 0.15) is 0 Å². The molecule has 1 fully saturated rings. The molecule has 2 unspecified atom stereocenters. The number of hydrogen-bond acceptors (Lipinski definition) is 2. The molecule has 0 spiro atoms. The quantitative estimate of drug-likeness (QED) is 0.793. The molecule has 0 saturated heterocycles. The van der Waals surface area contributed by atoms with E-state index in [0.717, 1.165) is 5.92 Å². The van der Waals surface area contributed by atoms with Gasteiger partial charge >= 0.3 is 0 Å². The minimum Gasteiger partial charge on any atom is -0.313 e. The average Bonchev–Trinajstić information content (AvgIpc) is 2.61. The highest BCUT2D eigenvalue weighted by Crippen LogP contribution is 2.48. The van der Waals surface area contributed by atoms with Crippen LogP contribution in [0.2, 0.25) is 0 Å². The van der Waals surface area contributed by atoms with Gasteiger partial charge in [-0.1, -0.05) is 26.7 Å². The zero-order chi connectivity index (χ0) is 13.3. The van der Waals surface area contributed by atoms with E-state index in [2.05, 4.69) is 55.1 Å². The Kier molecular flexibility index (Phi) is 4.56. The Morgan fingerprint density at radius 1 is 1.44 bits per heavy atom. The third kappa shape index (κ3) is 2.83. The fourth-order valence-corrected chi connectivity index (χ4v) is 5.24. The van der Waals surface area contributed by atoms with Gasteiger partial charge in [-0.3, -0.25) is 0 Å². The van der Waals surface area contributed by atoms with Crippen molar-refractivity contribution < 1.29 is 0 Å². The van der Waals surface area contributed by atoms with Crippen LogP contribution in [-0.4, -0.2) is 7.05 Å². The second-order valence-corrected chi connectivity index (χ2v) is 8.80. The Morgan fingerprint density at radius 3 is 2.67 bits per heavy atom. The van der Waals surface area contributed by atoms with Gasteiger partial charge in [-0.05, 0) is 65.7 Å². The summed E-state index contributed by atoms with van der Waals surface area (Å²) in [5.41, 5.74) is 1.95. The van der Waals surface area contributed by atoms with Gasteiger partial charge in [-0.15, -0.1) is 11.3 Å². The SMILES string of the molecule is CNC(c1cc(Br)sc1C)C1CCCCC1(C)C. The standard InChI is InChI=1S/C15H24BrNS/c1-10-11(9-13(16)18-10)14(17-4)12-7-5-6-8-15(12,2)3/h9,12,14,17H,5-8H2,1-4H3. The van der Waals surface area contributed by atoms with Crippen LogP contribution in [0.25, 0.3) is 0 Å². The molecule has 1 aliphatic carbocycles. The van der Waals surface area contributed by atoms with Gasteiger partial charge in [-0.2, -0.15) is 0 Å². The second-order valence-electron chi connectivity index (χ2n) is 6.17. The van der Waals surface area contributed by atoms with Crippen molar-refractivity contribution in [1.82, 2.24) is 5.32 Å². The van der Waals surface area contributed by atoms with Gasteiger partial charge in [0.2, 0.25) is 0 Å². The van der Waals surface area contributed by atoms with Crippen LogP contribution < -0.4 is 5.32 Å². The molecule has 1 nitrogen and oxygen atoms in total. The molecule has 2 atom stereocenters. The van der Waals surface area contributed by atoms with Gasteiger partial charge in [0.05, 0.1) is 3.79 Å². The van der Waals surface area contributed by atoms with E-state index in [4.69, 9.17) is 0 Å². The zero-order valence-electron chi connectivity index (χ0n) is 11.8. The molecule has 1 aromatic heterocycles. The summed E-state index contributed by atoms with van der Waals surface area (Å²) in [6.07, 6.45) is 5.49. The summed E-state index contributed by atoms with van der Waals surface area (Å²) >= 11 is 5.48. The summed E-state index contributed by atoms with van der Waals surface area (Å²) in [6, 6.07) is 2.81. The van der Waals surface area contributed by atoms with Crippen LogP contribution in [0.4, 0.5) is 0 Å². The minimum absolute atomic E-state index is 0.451. The smallest absolute Gasteiger partial charge is 0.0704 e. The molecule has 1 saturated carbocycles. The van der Waals surface area contributed by atoms with Crippen molar-refractivity contribution in [2.24, 2.45) is 11.3 Å². The van der Waals surface area contributed by atoms with Crippen LogP contribution >= 0.6 is 27.3 Å². The average molecular weight is 330 g/mol. The number of hydrogen-bond donors (Lipinski definition) is 1. The number of halogens is 1. The maximum Gasteiger partial charge on any atom is 0.0704 e. The van der Waals surface area contributed by atoms with Gasteiger partial charge in [0.15, 0.2) is 0 Å². The lowest BCUT2D eigenvalue weighted by atomic mass is 9.65. The summed E-state index contributed by atoms with van der Waals surface area (Å²) in [5, 5.41) is 3.58. The lowest BCUT2D eigenvalue weighted by molar-refractivity contribution is 0.101. The molecule has 0 bridgehead atoms. The Labute approximate surface area is 123 Å². The number of nitrogens with one attached hydrogen (secondary N) is 1. The lowest BCUT2D eigenvalue weighted by Gasteiger charge is -2.43. The molecule has 3 heteroatoms. The molecule has 18 heavy (non-hydrogen) atoms. The van der Waals surface area contributed by atoms with E-state index in [1.807, 2.05) is 11.3 Å². The molecular weight excluding hydrogens is 306 g/mol.